The van der Waals surface area contributed by atoms with Gasteiger partial charge in [0.15, 0.2) is 0 Å². The van der Waals surface area contributed by atoms with Crippen molar-refractivity contribution >= 4 is 21.8 Å². The Morgan fingerprint density at radius 3 is 3.00 bits per heavy atom. The van der Waals surface area contributed by atoms with E-state index in [9.17, 15) is 4.79 Å². The van der Waals surface area contributed by atoms with Crippen LogP contribution >= 0.6 is 15.9 Å². The van der Waals surface area contributed by atoms with Crippen LogP contribution in [0, 0.1) is 0 Å². The molecule has 0 spiro atoms. The summed E-state index contributed by atoms with van der Waals surface area (Å²) < 4.78 is 5.80. The standard InChI is InChI=1S/C9H9BrN2O2/c1-12-4-5-3-6(10)8(14-2)11-7(5)9(12)13/h3H,4H2,1-2H3. The molecule has 2 heterocycles. The highest BCUT2D eigenvalue weighted by molar-refractivity contribution is 9.10. The lowest BCUT2D eigenvalue weighted by atomic mass is 10.2. The van der Waals surface area contributed by atoms with Crippen LogP contribution in [0.25, 0.3) is 0 Å². The summed E-state index contributed by atoms with van der Waals surface area (Å²) in [4.78, 5) is 17.3. The summed E-state index contributed by atoms with van der Waals surface area (Å²) in [5, 5.41) is 0. The van der Waals surface area contributed by atoms with E-state index in [4.69, 9.17) is 4.74 Å². The summed E-state index contributed by atoms with van der Waals surface area (Å²) in [7, 11) is 3.28. The molecule has 0 N–H and O–H groups in total. The zero-order valence-electron chi connectivity index (χ0n) is 7.87. The third-order valence-corrected chi connectivity index (χ3v) is 2.74. The molecule has 0 unspecified atom stereocenters. The van der Waals surface area contributed by atoms with Gasteiger partial charge in [0.2, 0.25) is 5.88 Å². The summed E-state index contributed by atoms with van der Waals surface area (Å²) >= 11 is 3.33. The van der Waals surface area contributed by atoms with Gasteiger partial charge in [-0.3, -0.25) is 4.79 Å². The van der Waals surface area contributed by atoms with Crippen LogP contribution < -0.4 is 4.74 Å². The maximum absolute atomic E-state index is 11.6. The van der Waals surface area contributed by atoms with Crippen molar-refractivity contribution < 1.29 is 9.53 Å². The fourth-order valence-corrected chi connectivity index (χ4v) is 1.99. The molecule has 0 fully saturated rings. The van der Waals surface area contributed by atoms with Gasteiger partial charge in [0.1, 0.15) is 5.69 Å². The van der Waals surface area contributed by atoms with Gasteiger partial charge in [-0.15, -0.1) is 0 Å². The molecule has 0 radical (unpaired) electrons. The van der Waals surface area contributed by atoms with E-state index in [1.165, 1.54) is 7.11 Å². The Kier molecular flexibility index (Phi) is 2.19. The first-order valence-corrected chi connectivity index (χ1v) is 4.91. The minimum absolute atomic E-state index is 0.0502. The molecule has 1 aromatic rings. The van der Waals surface area contributed by atoms with Crippen molar-refractivity contribution in [2.75, 3.05) is 14.2 Å². The summed E-state index contributed by atoms with van der Waals surface area (Å²) in [5.41, 5.74) is 1.43. The van der Waals surface area contributed by atoms with Crippen molar-refractivity contribution in [1.82, 2.24) is 9.88 Å². The molecule has 0 aromatic carbocycles. The van der Waals surface area contributed by atoms with E-state index in [1.54, 1.807) is 11.9 Å². The Balaban J connectivity index is 2.55. The molecule has 1 aliphatic heterocycles. The second kappa shape index (κ2) is 3.24. The fraction of sp³-hybridized carbons (Fsp3) is 0.333. The van der Waals surface area contributed by atoms with Gasteiger partial charge in [0, 0.05) is 19.2 Å². The smallest absolute Gasteiger partial charge is 0.273 e. The Labute approximate surface area is 90.0 Å². The Morgan fingerprint density at radius 1 is 1.64 bits per heavy atom. The number of pyridine rings is 1. The molecule has 0 bridgehead atoms. The van der Waals surface area contributed by atoms with Crippen LogP contribution in [0.2, 0.25) is 0 Å². The molecule has 5 heteroatoms. The van der Waals surface area contributed by atoms with Crippen LogP contribution in [-0.2, 0) is 6.54 Å². The van der Waals surface area contributed by atoms with E-state index in [-0.39, 0.29) is 5.91 Å². The van der Waals surface area contributed by atoms with Gasteiger partial charge >= 0.3 is 0 Å². The second-order valence-electron chi connectivity index (χ2n) is 3.15. The average Bonchev–Trinajstić information content (AvgIpc) is 2.41. The van der Waals surface area contributed by atoms with Gasteiger partial charge in [-0.25, -0.2) is 4.98 Å². The first-order chi connectivity index (χ1) is 6.63. The molecule has 0 saturated heterocycles. The highest BCUT2D eigenvalue weighted by Crippen LogP contribution is 2.29. The van der Waals surface area contributed by atoms with Gasteiger partial charge < -0.3 is 9.64 Å². The molecule has 0 saturated carbocycles. The first-order valence-electron chi connectivity index (χ1n) is 4.12. The third-order valence-electron chi connectivity index (χ3n) is 2.17. The predicted octanol–water partition coefficient (Wildman–Crippen LogP) is 1.44. The number of halogens is 1. The van der Waals surface area contributed by atoms with Gasteiger partial charge in [-0.05, 0) is 22.0 Å². The molecule has 0 aliphatic carbocycles. The lowest BCUT2D eigenvalue weighted by molar-refractivity contribution is 0.0811. The minimum atomic E-state index is -0.0502. The van der Waals surface area contributed by atoms with E-state index < -0.39 is 0 Å². The second-order valence-corrected chi connectivity index (χ2v) is 4.00. The fourth-order valence-electron chi connectivity index (χ4n) is 1.47. The van der Waals surface area contributed by atoms with E-state index in [0.29, 0.717) is 18.1 Å². The van der Waals surface area contributed by atoms with Gasteiger partial charge in [0.05, 0.1) is 11.6 Å². The number of nitrogens with zero attached hydrogens (tertiary/aromatic N) is 2. The molecule has 1 amide bonds. The predicted molar refractivity (Wildman–Crippen MR) is 54.3 cm³/mol. The summed E-state index contributed by atoms with van der Waals surface area (Å²) in [6.07, 6.45) is 0. The van der Waals surface area contributed by atoms with Crippen molar-refractivity contribution in [3.05, 3.63) is 21.8 Å². The highest BCUT2D eigenvalue weighted by Gasteiger charge is 2.27. The van der Waals surface area contributed by atoms with E-state index >= 15 is 0 Å². The lowest BCUT2D eigenvalue weighted by Gasteiger charge is -2.04. The zero-order valence-corrected chi connectivity index (χ0v) is 9.46. The number of rotatable bonds is 1. The van der Waals surface area contributed by atoms with Crippen LogP contribution in [0.4, 0.5) is 0 Å². The largest absolute Gasteiger partial charge is 0.480 e. The Bertz CT molecular complexity index is 406. The van der Waals surface area contributed by atoms with Crippen molar-refractivity contribution in [1.29, 1.82) is 0 Å². The van der Waals surface area contributed by atoms with Crippen molar-refractivity contribution in [2.45, 2.75) is 6.54 Å². The topological polar surface area (TPSA) is 42.4 Å². The van der Waals surface area contributed by atoms with E-state index in [2.05, 4.69) is 20.9 Å². The number of fused-ring (bicyclic) bond motifs is 1. The minimum Gasteiger partial charge on any atom is -0.480 e. The van der Waals surface area contributed by atoms with Gasteiger partial charge in [-0.1, -0.05) is 0 Å². The molecule has 0 atom stereocenters. The molecular weight excluding hydrogens is 248 g/mol. The normalized spacial score (nSPS) is 14.5. The summed E-state index contributed by atoms with van der Waals surface area (Å²) in [6, 6.07) is 1.88. The number of carbonyl (C=O) groups excluding carboxylic acids is 1. The van der Waals surface area contributed by atoms with E-state index in [1.807, 2.05) is 6.07 Å². The summed E-state index contributed by atoms with van der Waals surface area (Å²) in [6.45, 7) is 0.615. The highest BCUT2D eigenvalue weighted by atomic mass is 79.9. The van der Waals surface area contributed by atoms with E-state index in [0.717, 1.165) is 10.0 Å². The van der Waals surface area contributed by atoms with Crippen LogP contribution in [0.5, 0.6) is 5.88 Å². The average molecular weight is 257 g/mol. The van der Waals surface area contributed by atoms with Crippen molar-refractivity contribution in [2.24, 2.45) is 0 Å². The Morgan fingerprint density at radius 2 is 2.36 bits per heavy atom. The zero-order chi connectivity index (χ0) is 10.3. The first kappa shape index (κ1) is 9.45. The Hall–Kier alpha value is -1.10. The lowest BCUT2D eigenvalue weighted by Crippen LogP contribution is -2.18. The van der Waals surface area contributed by atoms with Crippen LogP contribution in [-0.4, -0.2) is 29.9 Å². The molecule has 1 aliphatic rings. The summed E-state index contributed by atoms with van der Waals surface area (Å²) in [5.74, 6) is 0.401. The molecule has 2 rings (SSSR count). The number of amides is 1. The number of hydrogen-bond acceptors (Lipinski definition) is 3. The maximum Gasteiger partial charge on any atom is 0.273 e. The number of aromatic nitrogens is 1. The number of carbonyl (C=O) groups is 1. The quantitative estimate of drug-likeness (QED) is 0.764. The van der Waals surface area contributed by atoms with Gasteiger partial charge in [0.25, 0.3) is 5.91 Å². The van der Waals surface area contributed by atoms with Crippen molar-refractivity contribution in [3.8, 4) is 5.88 Å². The monoisotopic (exact) mass is 256 g/mol. The number of ether oxygens (including phenoxy) is 1. The van der Waals surface area contributed by atoms with Crippen LogP contribution in [0.15, 0.2) is 10.5 Å². The SMILES string of the molecule is COc1nc2c(cc1Br)CN(C)C2=O. The molecule has 74 valence electrons. The molecular formula is C9H9BrN2O2. The van der Waals surface area contributed by atoms with Crippen LogP contribution in [0.3, 0.4) is 0 Å². The van der Waals surface area contributed by atoms with Crippen LogP contribution in [0.1, 0.15) is 16.1 Å². The molecule has 1 aromatic heterocycles. The van der Waals surface area contributed by atoms with Crippen molar-refractivity contribution in [3.63, 3.8) is 0 Å². The molecule has 4 nitrogen and oxygen atoms in total. The molecule has 14 heavy (non-hydrogen) atoms. The maximum atomic E-state index is 11.6. The number of hydrogen-bond donors (Lipinski definition) is 0. The van der Waals surface area contributed by atoms with Gasteiger partial charge in [-0.2, -0.15) is 0 Å². The third kappa shape index (κ3) is 1.28. The number of methoxy groups -OCH3 is 1.